The highest BCUT2D eigenvalue weighted by atomic mass is 16.7. The first kappa shape index (κ1) is 31.7. The van der Waals surface area contributed by atoms with Crippen molar-refractivity contribution in [2.45, 2.75) is 51.9 Å². The van der Waals surface area contributed by atoms with E-state index >= 15 is 0 Å². The Morgan fingerprint density at radius 2 is 1.39 bits per heavy atom. The molecule has 4 amide bonds. The monoisotopic (exact) mass is 600 g/mol. The van der Waals surface area contributed by atoms with Crippen molar-refractivity contribution < 1.29 is 33.4 Å². The van der Waals surface area contributed by atoms with E-state index in [1.165, 1.54) is 6.92 Å². The molecule has 0 aliphatic carbocycles. The molecule has 0 radical (unpaired) electrons. The van der Waals surface area contributed by atoms with Crippen LogP contribution in [0.15, 0.2) is 78.9 Å². The Morgan fingerprint density at radius 3 is 2.07 bits per heavy atom. The van der Waals surface area contributed by atoms with Crippen molar-refractivity contribution in [3.63, 3.8) is 0 Å². The molecule has 11 heteroatoms. The Hall–Kier alpha value is -5.19. The lowest BCUT2D eigenvalue weighted by Crippen LogP contribution is -2.57. The van der Waals surface area contributed by atoms with Crippen molar-refractivity contribution in [1.82, 2.24) is 21.3 Å². The van der Waals surface area contributed by atoms with Crippen LogP contribution in [0.25, 0.3) is 0 Å². The standard InChI is InChI=1S/C33H36N4O7/c1-20(2)28(29(38)33(42)34-18-23-14-15-26-27(17-23)44-19-43-26)37-30(39)21(3)35-32(41)25(16-22-10-6-4-7-11-22)36-31(40)24-12-8-5-9-13-24/h4-15,17,20-21,25,28H,16,18-19H2,1-3H3,(H,34,42)(H,35,41)(H,36,40)(H,37,39)/t21-,25-,28-/m0/s1. The van der Waals surface area contributed by atoms with Crippen LogP contribution in [0.1, 0.15) is 42.3 Å². The van der Waals surface area contributed by atoms with E-state index in [0.29, 0.717) is 22.6 Å². The molecule has 44 heavy (non-hydrogen) atoms. The highest BCUT2D eigenvalue weighted by Crippen LogP contribution is 2.32. The molecule has 0 aromatic heterocycles. The molecule has 0 fully saturated rings. The molecule has 3 aromatic rings. The third kappa shape index (κ3) is 8.43. The summed E-state index contributed by atoms with van der Waals surface area (Å²) in [6.45, 7) is 5.06. The van der Waals surface area contributed by atoms with Crippen LogP contribution in [0.3, 0.4) is 0 Å². The highest BCUT2D eigenvalue weighted by Gasteiger charge is 2.32. The zero-order chi connectivity index (χ0) is 31.6. The van der Waals surface area contributed by atoms with Crippen LogP contribution in [-0.4, -0.2) is 54.3 Å². The molecule has 1 aliphatic heterocycles. The molecular weight excluding hydrogens is 564 g/mol. The van der Waals surface area contributed by atoms with Crippen molar-refractivity contribution in [2.75, 3.05) is 6.79 Å². The molecule has 1 heterocycles. The summed E-state index contributed by atoms with van der Waals surface area (Å²) >= 11 is 0. The lowest BCUT2D eigenvalue weighted by atomic mass is 9.98. The lowest BCUT2D eigenvalue weighted by molar-refractivity contribution is -0.141. The molecule has 0 bridgehead atoms. The first-order valence-corrected chi connectivity index (χ1v) is 14.3. The molecule has 3 aromatic carbocycles. The van der Waals surface area contributed by atoms with E-state index in [-0.39, 0.29) is 19.8 Å². The largest absolute Gasteiger partial charge is 0.454 e. The van der Waals surface area contributed by atoms with Gasteiger partial charge in [-0.25, -0.2) is 0 Å². The van der Waals surface area contributed by atoms with Crippen molar-refractivity contribution >= 4 is 29.4 Å². The summed E-state index contributed by atoms with van der Waals surface area (Å²) < 4.78 is 10.6. The number of nitrogens with one attached hydrogen (secondary N) is 4. The summed E-state index contributed by atoms with van der Waals surface area (Å²) in [5.41, 5.74) is 1.91. The van der Waals surface area contributed by atoms with Gasteiger partial charge in [0, 0.05) is 18.5 Å². The number of ether oxygens (including phenoxy) is 2. The summed E-state index contributed by atoms with van der Waals surface area (Å²) in [6.07, 6.45) is 0.191. The summed E-state index contributed by atoms with van der Waals surface area (Å²) in [5, 5.41) is 10.6. The number of amides is 4. The van der Waals surface area contributed by atoms with E-state index < -0.39 is 53.5 Å². The van der Waals surface area contributed by atoms with E-state index in [2.05, 4.69) is 21.3 Å². The van der Waals surface area contributed by atoms with Crippen molar-refractivity contribution in [1.29, 1.82) is 0 Å². The molecular formula is C33H36N4O7. The van der Waals surface area contributed by atoms with E-state index in [1.807, 2.05) is 30.3 Å². The third-order valence-corrected chi connectivity index (χ3v) is 7.05. The van der Waals surface area contributed by atoms with Gasteiger partial charge in [0.2, 0.25) is 24.4 Å². The van der Waals surface area contributed by atoms with E-state index in [1.54, 1.807) is 62.4 Å². The van der Waals surface area contributed by atoms with Crippen LogP contribution < -0.4 is 30.7 Å². The predicted molar refractivity (Wildman–Crippen MR) is 162 cm³/mol. The van der Waals surface area contributed by atoms with Crippen LogP contribution in [0, 0.1) is 5.92 Å². The molecule has 4 rings (SSSR count). The molecule has 230 valence electrons. The Bertz CT molecular complexity index is 1490. The Balaban J connectivity index is 1.36. The van der Waals surface area contributed by atoms with Gasteiger partial charge in [0.15, 0.2) is 11.5 Å². The number of hydrogen-bond donors (Lipinski definition) is 4. The second-order valence-corrected chi connectivity index (χ2v) is 10.8. The fraction of sp³-hybridized carbons (Fsp3) is 0.303. The second-order valence-electron chi connectivity index (χ2n) is 10.8. The number of fused-ring (bicyclic) bond motifs is 1. The molecule has 0 unspecified atom stereocenters. The van der Waals surface area contributed by atoms with E-state index in [0.717, 1.165) is 5.56 Å². The van der Waals surface area contributed by atoms with Crippen LogP contribution in [0.2, 0.25) is 0 Å². The number of carbonyl (C=O) groups excluding carboxylic acids is 5. The van der Waals surface area contributed by atoms with Gasteiger partial charge in [-0.1, -0.05) is 68.4 Å². The van der Waals surface area contributed by atoms with E-state index in [9.17, 15) is 24.0 Å². The molecule has 3 atom stereocenters. The van der Waals surface area contributed by atoms with Gasteiger partial charge in [0.05, 0.1) is 6.04 Å². The molecule has 0 saturated carbocycles. The Morgan fingerprint density at radius 1 is 0.727 bits per heavy atom. The second kappa shape index (κ2) is 14.8. The van der Waals surface area contributed by atoms with E-state index in [4.69, 9.17) is 9.47 Å². The van der Waals surface area contributed by atoms with Gasteiger partial charge in [0.1, 0.15) is 12.1 Å². The molecule has 0 spiro atoms. The van der Waals surface area contributed by atoms with Gasteiger partial charge in [-0.05, 0) is 48.2 Å². The molecule has 0 saturated heterocycles. The average molecular weight is 601 g/mol. The third-order valence-electron chi connectivity index (χ3n) is 7.05. The van der Waals surface area contributed by atoms with Gasteiger partial charge in [-0.2, -0.15) is 0 Å². The number of hydrogen-bond acceptors (Lipinski definition) is 7. The number of Topliss-reactive ketones (excluding diaryl/α,β-unsaturated/α-hetero) is 1. The van der Waals surface area contributed by atoms with Crippen molar-refractivity contribution in [3.05, 3.63) is 95.6 Å². The molecule has 1 aliphatic rings. The van der Waals surface area contributed by atoms with Gasteiger partial charge in [0.25, 0.3) is 11.8 Å². The maximum atomic E-state index is 13.3. The summed E-state index contributed by atoms with van der Waals surface area (Å²) in [6, 6.07) is 19.7. The maximum absolute atomic E-state index is 13.3. The topological polar surface area (TPSA) is 152 Å². The van der Waals surface area contributed by atoms with Crippen LogP contribution in [-0.2, 0) is 32.1 Å². The summed E-state index contributed by atoms with van der Waals surface area (Å²) in [4.78, 5) is 65.1. The van der Waals surface area contributed by atoms with Gasteiger partial charge in [-0.3, -0.25) is 24.0 Å². The Labute approximate surface area is 255 Å². The zero-order valence-electron chi connectivity index (χ0n) is 24.8. The minimum absolute atomic E-state index is 0.0734. The van der Waals surface area contributed by atoms with Gasteiger partial charge in [-0.15, -0.1) is 0 Å². The predicted octanol–water partition coefficient (Wildman–Crippen LogP) is 2.29. The lowest BCUT2D eigenvalue weighted by Gasteiger charge is -2.25. The SMILES string of the molecule is CC(C)[C@H](NC(=O)[C@H](C)NC(=O)[C@H](Cc1ccccc1)NC(=O)c1ccccc1)C(=O)C(=O)NCc1ccc2c(c1)OCO2. The summed E-state index contributed by atoms with van der Waals surface area (Å²) in [5.74, 6) is -2.59. The fourth-order valence-electron chi connectivity index (χ4n) is 4.54. The quantitative estimate of drug-likeness (QED) is 0.220. The van der Waals surface area contributed by atoms with Gasteiger partial charge >= 0.3 is 0 Å². The van der Waals surface area contributed by atoms with Crippen molar-refractivity contribution in [3.8, 4) is 11.5 Å². The smallest absolute Gasteiger partial charge is 0.289 e. The molecule has 11 nitrogen and oxygen atoms in total. The number of rotatable bonds is 13. The molecule has 4 N–H and O–H groups in total. The number of ketones is 1. The number of benzene rings is 3. The minimum Gasteiger partial charge on any atom is -0.454 e. The maximum Gasteiger partial charge on any atom is 0.289 e. The zero-order valence-corrected chi connectivity index (χ0v) is 24.8. The Kier molecular flexibility index (Phi) is 10.7. The number of carbonyl (C=O) groups is 5. The average Bonchev–Trinajstić information content (AvgIpc) is 3.50. The fourth-order valence-corrected chi connectivity index (χ4v) is 4.54. The van der Waals surface area contributed by atoms with Crippen LogP contribution in [0.5, 0.6) is 11.5 Å². The van der Waals surface area contributed by atoms with Crippen LogP contribution in [0.4, 0.5) is 0 Å². The van der Waals surface area contributed by atoms with Crippen LogP contribution >= 0.6 is 0 Å². The van der Waals surface area contributed by atoms with Crippen molar-refractivity contribution in [2.24, 2.45) is 5.92 Å². The highest BCUT2D eigenvalue weighted by molar-refractivity contribution is 6.38. The normalized spacial score (nSPS) is 13.7. The van der Waals surface area contributed by atoms with Gasteiger partial charge < -0.3 is 30.7 Å². The summed E-state index contributed by atoms with van der Waals surface area (Å²) in [7, 11) is 0. The minimum atomic E-state index is -1.13. The first-order chi connectivity index (χ1) is 21.1. The first-order valence-electron chi connectivity index (χ1n) is 14.3.